The van der Waals surface area contributed by atoms with Gasteiger partial charge in [0.05, 0.1) is 27.9 Å². The van der Waals surface area contributed by atoms with Crippen LogP contribution in [0.2, 0.25) is 0 Å². The molecule has 0 N–H and O–H groups in total. The van der Waals surface area contributed by atoms with E-state index < -0.39 is 9.84 Å². The maximum Gasteiger partial charge on any atom is 0.175 e. The van der Waals surface area contributed by atoms with Crippen LogP contribution in [-0.4, -0.2) is 31.4 Å². The van der Waals surface area contributed by atoms with Crippen molar-refractivity contribution in [3.05, 3.63) is 53.2 Å². The van der Waals surface area contributed by atoms with Gasteiger partial charge in [-0.1, -0.05) is 25.0 Å². The Hall–Kier alpha value is -2.72. The Bertz CT molecular complexity index is 1090. The van der Waals surface area contributed by atoms with Crippen molar-refractivity contribution in [3.8, 4) is 6.07 Å². The molecule has 4 rings (SSSR count). The van der Waals surface area contributed by atoms with Crippen LogP contribution >= 0.6 is 0 Å². The Morgan fingerprint density at radius 3 is 2.38 bits per heavy atom. The largest absolute Gasteiger partial charge is 0.244 e. The molecule has 2 heterocycles. The van der Waals surface area contributed by atoms with Crippen LogP contribution in [-0.2, 0) is 9.84 Å². The van der Waals surface area contributed by atoms with E-state index in [0.717, 1.165) is 23.5 Å². The molecule has 6 nitrogen and oxygen atoms in total. The summed E-state index contributed by atoms with van der Waals surface area (Å²) in [7, 11) is -3.22. The summed E-state index contributed by atoms with van der Waals surface area (Å²) in [5.41, 5.74) is 3.17. The first kappa shape index (κ1) is 19.6. The van der Waals surface area contributed by atoms with E-state index in [2.05, 4.69) is 11.1 Å². The molecule has 1 atom stereocenters. The number of nitrogens with zero attached hydrogens (tertiary/aromatic N) is 4. The number of pyridine rings is 1. The average Bonchev–Trinajstić information content (AvgIpc) is 3.37. The summed E-state index contributed by atoms with van der Waals surface area (Å²) in [6.07, 6.45) is 6.88. The molecule has 0 radical (unpaired) electrons. The van der Waals surface area contributed by atoms with E-state index in [-0.39, 0.29) is 6.04 Å². The highest BCUT2D eigenvalue weighted by Gasteiger charge is 2.36. The molecule has 150 valence electrons. The van der Waals surface area contributed by atoms with Crippen molar-refractivity contribution in [1.29, 1.82) is 5.26 Å². The standard InChI is InChI=1S/C22H24N4O2S/c1-15-18(14-23)9-12-22(24-15)26-21(17-5-3-4-6-17)13-20(25-26)16-7-10-19(11-8-16)29(2,27)28/h7-12,17,21H,3-6,13H2,1-2H3/t21-/m1/s1. The van der Waals surface area contributed by atoms with Crippen LogP contribution in [0.1, 0.15) is 48.9 Å². The highest BCUT2D eigenvalue weighted by molar-refractivity contribution is 7.90. The van der Waals surface area contributed by atoms with Crippen molar-refractivity contribution < 1.29 is 8.42 Å². The predicted octanol–water partition coefficient (Wildman–Crippen LogP) is 3.84. The first-order valence-corrected chi connectivity index (χ1v) is 11.8. The maximum atomic E-state index is 11.7. The molecule has 1 aliphatic heterocycles. The summed E-state index contributed by atoms with van der Waals surface area (Å²) in [4.78, 5) is 4.95. The van der Waals surface area contributed by atoms with Crippen LogP contribution in [0.4, 0.5) is 5.82 Å². The summed E-state index contributed by atoms with van der Waals surface area (Å²) in [6.45, 7) is 1.84. The fourth-order valence-electron chi connectivity index (χ4n) is 4.32. The van der Waals surface area contributed by atoms with E-state index in [1.54, 1.807) is 18.2 Å². The molecule has 1 aromatic carbocycles. The molecular weight excluding hydrogens is 384 g/mol. The lowest BCUT2D eigenvalue weighted by Gasteiger charge is -2.27. The zero-order valence-corrected chi connectivity index (χ0v) is 17.5. The number of aryl methyl sites for hydroxylation is 1. The van der Waals surface area contributed by atoms with Crippen molar-refractivity contribution in [2.24, 2.45) is 11.0 Å². The minimum Gasteiger partial charge on any atom is -0.244 e. The number of hydrogen-bond acceptors (Lipinski definition) is 6. The second-order valence-electron chi connectivity index (χ2n) is 7.92. The molecule has 1 saturated carbocycles. The smallest absolute Gasteiger partial charge is 0.175 e. The van der Waals surface area contributed by atoms with Gasteiger partial charge in [-0.05, 0) is 55.5 Å². The summed E-state index contributed by atoms with van der Waals surface area (Å²) in [5.74, 6) is 1.32. The van der Waals surface area contributed by atoms with Gasteiger partial charge in [0.1, 0.15) is 11.9 Å². The third-order valence-corrected chi connectivity index (χ3v) is 7.06. The molecule has 0 amide bonds. The van der Waals surface area contributed by atoms with E-state index >= 15 is 0 Å². The Kier molecular flexibility index (Phi) is 5.13. The monoisotopic (exact) mass is 408 g/mol. The average molecular weight is 409 g/mol. The molecule has 0 bridgehead atoms. The maximum absolute atomic E-state index is 11.7. The predicted molar refractivity (Wildman–Crippen MR) is 113 cm³/mol. The molecule has 2 aromatic rings. The van der Waals surface area contributed by atoms with Gasteiger partial charge in [-0.2, -0.15) is 10.4 Å². The fraction of sp³-hybridized carbons (Fsp3) is 0.409. The Morgan fingerprint density at radius 1 is 1.10 bits per heavy atom. The molecule has 29 heavy (non-hydrogen) atoms. The van der Waals surface area contributed by atoms with Gasteiger partial charge < -0.3 is 0 Å². The molecule has 1 fully saturated rings. The SMILES string of the molecule is Cc1nc(N2N=C(c3ccc(S(C)(=O)=O)cc3)C[C@@H]2C2CCCC2)ccc1C#N. The first-order valence-electron chi connectivity index (χ1n) is 9.92. The van der Waals surface area contributed by atoms with Crippen LogP contribution < -0.4 is 5.01 Å². The second-order valence-corrected chi connectivity index (χ2v) is 9.93. The Morgan fingerprint density at radius 2 is 1.79 bits per heavy atom. The zero-order valence-electron chi connectivity index (χ0n) is 16.7. The normalized spacial score (nSPS) is 20.0. The van der Waals surface area contributed by atoms with Gasteiger partial charge in [0.2, 0.25) is 0 Å². The van der Waals surface area contributed by atoms with Crippen molar-refractivity contribution in [2.45, 2.75) is 50.0 Å². The van der Waals surface area contributed by atoms with Gasteiger partial charge in [-0.15, -0.1) is 0 Å². The second kappa shape index (κ2) is 7.60. The third-order valence-electron chi connectivity index (χ3n) is 5.93. The van der Waals surface area contributed by atoms with Crippen LogP contribution in [0, 0.1) is 24.2 Å². The number of nitriles is 1. The quantitative estimate of drug-likeness (QED) is 0.767. The minimum atomic E-state index is -3.22. The zero-order chi connectivity index (χ0) is 20.6. The topological polar surface area (TPSA) is 86.4 Å². The van der Waals surface area contributed by atoms with Crippen molar-refractivity contribution >= 4 is 21.4 Å². The molecule has 2 aliphatic rings. The number of rotatable bonds is 4. The van der Waals surface area contributed by atoms with E-state index in [9.17, 15) is 13.7 Å². The molecule has 1 aliphatic carbocycles. The molecular formula is C22H24N4O2S. The van der Waals surface area contributed by atoms with E-state index in [1.165, 1.54) is 31.9 Å². The number of aromatic nitrogens is 1. The summed E-state index contributed by atoms with van der Waals surface area (Å²) in [5, 5.41) is 16.1. The van der Waals surface area contributed by atoms with Crippen LogP contribution in [0.3, 0.4) is 0 Å². The van der Waals surface area contributed by atoms with Gasteiger partial charge in [0, 0.05) is 12.7 Å². The van der Waals surface area contributed by atoms with Crippen molar-refractivity contribution in [2.75, 3.05) is 11.3 Å². The van der Waals surface area contributed by atoms with Crippen LogP contribution in [0.25, 0.3) is 0 Å². The van der Waals surface area contributed by atoms with Gasteiger partial charge in [0.15, 0.2) is 9.84 Å². The van der Waals surface area contributed by atoms with E-state index in [0.29, 0.717) is 22.1 Å². The molecule has 0 spiro atoms. The Balaban J connectivity index is 1.69. The molecule has 1 aromatic heterocycles. The lowest BCUT2D eigenvalue weighted by Crippen LogP contribution is -2.33. The minimum absolute atomic E-state index is 0.238. The molecule has 7 heteroatoms. The lowest BCUT2D eigenvalue weighted by atomic mass is 9.92. The van der Waals surface area contributed by atoms with Gasteiger partial charge in [-0.25, -0.2) is 18.4 Å². The summed E-state index contributed by atoms with van der Waals surface area (Å²) < 4.78 is 23.5. The number of hydrazone groups is 1. The molecule has 0 saturated heterocycles. The van der Waals surface area contributed by atoms with Crippen LogP contribution in [0.5, 0.6) is 0 Å². The number of benzene rings is 1. The Labute approximate surface area is 171 Å². The first-order chi connectivity index (χ1) is 13.9. The van der Waals surface area contributed by atoms with E-state index in [4.69, 9.17) is 5.10 Å². The number of hydrogen-bond donors (Lipinski definition) is 0. The molecule has 0 unspecified atom stereocenters. The van der Waals surface area contributed by atoms with Crippen molar-refractivity contribution in [1.82, 2.24) is 4.98 Å². The lowest BCUT2D eigenvalue weighted by molar-refractivity contribution is 0.428. The highest BCUT2D eigenvalue weighted by atomic mass is 32.2. The highest BCUT2D eigenvalue weighted by Crippen LogP contribution is 2.37. The van der Waals surface area contributed by atoms with Gasteiger partial charge in [0.25, 0.3) is 0 Å². The third kappa shape index (κ3) is 3.90. The number of sulfone groups is 1. The summed E-state index contributed by atoms with van der Waals surface area (Å²) >= 11 is 0. The number of anilines is 1. The van der Waals surface area contributed by atoms with Gasteiger partial charge in [-0.3, -0.25) is 0 Å². The van der Waals surface area contributed by atoms with Gasteiger partial charge >= 0.3 is 0 Å². The van der Waals surface area contributed by atoms with Crippen molar-refractivity contribution in [3.63, 3.8) is 0 Å². The van der Waals surface area contributed by atoms with Crippen LogP contribution in [0.15, 0.2) is 46.4 Å². The van der Waals surface area contributed by atoms with E-state index in [1.807, 2.05) is 30.1 Å². The fourth-order valence-corrected chi connectivity index (χ4v) is 4.95. The summed E-state index contributed by atoms with van der Waals surface area (Å²) in [6, 6.07) is 13.0.